The summed E-state index contributed by atoms with van der Waals surface area (Å²) >= 11 is 1.43. The average Bonchev–Trinajstić information content (AvgIpc) is 3.18. The SMILES string of the molecule is CCCN1C(=O)C(CC(C)C)NC(=O)C12CCN(C(=O)c1cccs1)CC2. The largest absolute Gasteiger partial charge is 0.342 e. The number of hydrogen-bond donors (Lipinski definition) is 1. The quantitative estimate of drug-likeness (QED) is 0.838. The maximum absolute atomic E-state index is 13.1. The molecule has 2 fully saturated rings. The summed E-state index contributed by atoms with van der Waals surface area (Å²) in [5, 5.41) is 4.88. The lowest BCUT2D eigenvalue weighted by molar-refractivity contribution is -0.161. The molecule has 2 aliphatic heterocycles. The average molecular weight is 392 g/mol. The molecular formula is C20H29N3O3S. The van der Waals surface area contributed by atoms with Gasteiger partial charge in [0, 0.05) is 19.6 Å². The Morgan fingerprint density at radius 3 is 2.59 bits per heavy atom. The molecule has 0 bridgehead atoms. The summed E-state index contributed by atoms with van der Waals surface area (Å²) in [6.07, 6.45) is 2.46. The zero-order valence-electron chi connectivity index (χ0n) is 16.4. The Labute approximate surface area is 164 Å². The Morgan fingerprint density at radius 2 is 2.04 bits per heavy atom. The summed E-state index contributed by atoms with van der Waals surface area (Å²) < 4.78 is 0. The highest BCUT2D eigenvalue weighted by atomic mass is 32.1. The lowest BCUT2D eigenvalue weighted by Crippen LogP contribution is -2.73. The van der Waals surface area contributed by atoms with E-state index in [0.717, 1.165) is 11.3 Å². The molecule has 0 aliphatic carbocycles. The van der Waals surface area contributed by atoms with Gasteiger partial charge in [-0.25, -0.2) is 0 Å². The molecule has 3 amide bonds. The highest BCUT2D eigenvalue weighted by Crippen LogP contribution is 2.34. The van der Waals surface area contributed by atoms with Gasteiger partial charge in [0.1, 0.15) is 11.6 Å². The number of carbonyl (C=O) groups excluding carboxylic acids is 3. The van der Waals surface area contributed by atoms with Crippen molar-refractivity contribution >= 4 is 29.1 Å². The Balaban J connectivity index is 1.77. The van der Waals surface area contributed by atoms with Crippen LogP contribution in [-0.4, -0.2) is 58.7 Å². The smallest absolute Gasteiger partial charge is 0.263 e. The number of thiophene rings is 1. The van der Waals surface area contributed by atoms with Crippen molar-refractivity contribution in [3.63, 3.8) is 0 Å². The van der Waals surface area contributed by atoms with E-state index in [4.69, 9.17) is 0 Å². The van der Waals surface area contributed by atoms with Crippen LogP contribution in [0.25, 0.3) is 0 Å². The van der Waals surface area contributed by atoms with Crippen molar-refractivity contribution in [2.45, 2.75) is 58.0 Å². The van der Waals surface area contributed by atoms with Gasteiger partial charge in [-0.2, -0.15) is 0 Å². The normalized spacial score (nSPS) is 22.4. The van der Waals surface area contributed by atoms with Gasteiger partial charge in [0.15, 0.2) is 0 Å². The molecule has 2 aliphatic rings. The van der Waals surface area contributed by atoms with Crippen LogP contribution in [0, 0.1) is 5.92 Å². The third-order valence-corrected chi connectivity index (χ3v) is 6.43. The van der Waals surface area contributed by atoms with Crippen LogP contribution in [0.2, 0.25) is 0 Å². The molecule has 2 saturated heterocycles. The molecule has 6 nitrogen and oxygen atoms in total. The molecule has 7 heteroatoms. The van der Waals surface area contributed by atoms with E-state index in [9.17, 15) is 14.4 Å². The first-order chi connectivity index (χ1) is 12.9. The van der Waals surface area contributed by atoms with Crippen LogP contribution in [0.4, 0.5) is 0 Å². The molecule has 1 N–H and O–H groups in total. The molecule has 0 aromatic carbocycles. The van der Waals surface area contributed by atoms with Gasteiger partial charge in [-0.1, -0.05) is 26.8 Å². The number of nitrogens with one attached hydrogen (secondary N) is 1. The molecular weight excluding hydrogens is 362 g/mol. The second-order valence-electron chi connectivity index (χ2n) is 7.95. The Hall–Kier alpha value is -1.89. The van der Waals surface area contributed by atoms with Crippen molar-refractivity contribution in [2.24, 2.45) is 5.92 Å². The lowest BCUT2D eigenvalue weighted by Gasteiger charge is -2.51. The molecule has 1 aromatic heterocycles. The molecule has 1 unspecified atom stereocenters. The third kappa shape index (κ3) is 3.74. The molecule has 148 valence electrons. The van der Waals surface area contributed by atoms with Crippen molar-refractivity contribution in [1.82, 2.24) is 15.1 Å². The van der Waals surface area contributed by atoms with Crippen molar-refractivity contribution in [1.29, 1.82) is 0 Å². The summed E-state index contributed by atoms with van der Waals surface area (Å²) in [5.74, 6) is 0.330. The van der Waals surface area contributed by atoms with E-state index in [1.165, 1.54) is 11.3 Å². The van der Waals surface area contributed by atoms with Gasteiger partial charge in [-0.05, 0) is 43.0 Å². The monoisotopic (exact) mass is 391 g/mol. The van der Waals surface area contributed by atoms with Crippen molar-refractivity contribution in [3.05, 3.63) is 22.4 Å². The number of likely N-dealkylation sites (tertiary alicyclic amines) is 1. The summed E-state index contributed by atoms with van der Waals surface area (Å²) in [5.41, 5.74) is -0.813. The molecule has 27 heavy (non-hydrogen) atoms. The maximum atomic E-state index is 13.1. The van der Waals surface area contributed by atoms with Crippen LogP contribution < -0.4 is 5.32 Å². The van der Waals surface area contributed by atoms with E-state index in [1.807, 2.05) is 29.3 Å². The lowest BCUT2D eigenvalue weighted by atomic mass is 9.80. The van der Waals surface area contributed by atoms with Gasteiger partial charge < -0.3 is 15.1 Å². The fourth-order valence-electron chi connectivity index (χ4n) is 4.19. The Kier molecular flexibility index (Phi) is 5.89. The van der Waals surface area contributed by atoms with Gasteiger partial charge in [0.2, 0.25) is 11.8 Å². The minimum absolute atomic E-state index is 0.0159. The zero-order valence-corrected chi connectivity index (χ0v) is 17.2. The van der Waals surface area contributed by atoms with Crippen molar-refractivity contribution in [2.75, 3.05) is 19.6 Å². The van der Waals surface area contributed by atoms with E-state index in [1.54, 1.807) is 4.90 Å². The number of piperazine rings is 1. The maximum Gasteiger partial charge on any atom is 0.263 e. The molecule has 1 spiro atoms. The standard InChI is InChI=1S/C20H29N3O3S/c1-4-9-23-17(24)15(13-14(2)3)21-19(26)20(23)7-10-22(11-8-20)18(25)16-6-5-12-27-16/h5-6,12,14-15H,4,7-11,13H2,1-3H3,(H,21,26). The highest BCUT2D eigenvalue weighted by molar-refractivity contribution is 7.12. The molecule has 0 saturated carbocycles. The summed E-state index contributed by atoms with van der Waals surface area (Å²) in [6.45, 7) is 7.71. The topological polar surface area (TPSA) is 69.7 Å². The number of hydrogen-bond acceptors (Lipinski definition) is 4. The van der Waals surface area contributed by atoms with E-state index >= 15 is 0 Å². The molecule has 1 aromatic rings. The number of carbonyl (C=O) groups is 3. The minimum atomic E-state index is -0.813. The van der Waals surface area contributed by atoms with Gasteiger partial charge in [0.05, 0.1) is 4.88 Å². The molecule has 3 rings (SSSR count). The molecule has 1 atom stereocenters. The van der Waals surface area contributed by atoms with E-state index in [-0.39, 0.29) is 17.7 Å². The van der Waals surface area contributed by atoms with Crippen LogP contribution in [-0.2, 0) is 9.59 Å². The number of amides is 3. The van der Waals surface area contributed by atoms with Gasteiger partial charge >= 0.3 is 0 Å². The van der Waals surface area contributed by atoms with Crippen LogP contribution >= 0.6 is 11.3 Å². The predicted molar refractivity (Wildman–Crippen MR) is 106 cm³/mol. The zero-order chi connectivity index (χ0) is 19.6. The highest BCUT2D eigenvalue weighted by Gasteiger charge is 2.53. The first-order valence-corrected chi connectivity index (χ1v) is 10.7. The summed E-state index contributed by atoms with van der Waals surface area (Å²) in [7, 11) is 0. The summed E-state index contributed by atoms with van der Waals surface area (Å²) in [6, 6.07) is 3.27. The van der Waals surface area contributed by atoms with E-state index in [0.29, 0.717) is 44.8 Å². The van der Waals surface area contributed by atoms with E-state index in [2.05, 4.69) is 19.2 Å². The second kappa shape index (κ2) is 8.00. The number of nitrogens with zero attached hydrogens (tertiary/aromatic N) is 2. The first kappa shape index (κ1) is 19.9. The second-order valence-corrected chi connectivity index (χ2v) is 8.89. The van der Waals surface area contributed by atoms with Crippen LogP contribution in [0.1, 0.15) is 56.1 Å². The molecule has 3 heterocycles. The molecule has 0 radical (unpaired) electrons. The third-order valence-electron chi connectivity index (χ3n) is 5.57. The van der Waals surface area contributed by atoms with Crippen LogP contribution in [0.5, 0.6) is 0 Å². The Bertz CT molecular complexity index is 693. The fourth-order valence-corrected chi connectivity index (χ4v) is 4.88. The van der Waals surface area contributed by atoms with Crippen LogP contribution in [0.3, 0.4) is 0 Å². The van der Waals surface area contributed by atoms with Gasteiger partial charge in [0.25, 0.3) is 5.91 Å². The Morgan fingerprint density at radius 1 is 1.33 bits per heavy atom. The van der Waals surface area contributed by atoms with Gasteiger partial charge in [-0.3, -0.25) is 14.4 Å². The van der Waals surface area contributed by atoms with Crippen molar-refractivity contribution in [3.8, 4) is 0 Å². The van der Waals surface area contributed by atoms with E-state index < -0.39 is 11.6 Å². The van der Waals surface area contributed by atoms with Gasteiger partial charge in [-0.15, -0.1) is 11.3 Å². The number of piperidine rings is 1. The number of rotatable bonds is 5. The predicted octanol–water partition coefficient (Wildman–Crippen LogP) is 2.51. The summed E-state index contributed by atoms with van der Waals surface area (Å²) in [4.78, 5) is 43.1. The van der Waals surface area contributed by atoms with Crippen LogP contribution in [0.15, 0.2) is 17.5 Å². The first-order valence-electron chi connectivity index (χ1n) is 9.84. The minimum Gasteiger partial charge on any atom is -0.342 e. The van der Waals surface area contributed by atoms with Crippen molar-refractivity contribution < 1.29 is 14.4 Å². The fraction of sp³-hybridized carbons (Fsp3) is 0.650.